The number of hydrogen-bond donors (Lipinski definition) is 1. The molecule has 0 bridgehead atoms. The van der Waals surface area contributed by atoms with Crippen molar-refractivity contribution in [1.82, 2.24) is 14.9 Å². The Hall–Kier alpha value is -3.11. The minimum absolute atomic E-state index is 0.0935. The number of halogens is 1. The minimum Gasteiger partial charge on any atom is -0.345 e. The van der Waals surface area contributed by atoms with Gasteiger partial charge in [0.2, 0.25) is 0 Å². The summed E-state index contributed by atoms with van der Waals surface area (Å²) in [5.74, 6) is 0.669. The molecule has 4 nitrogen and oxygen atoms in total. The standard InChI is InChI=1S/C23H20ClN3O/c1-16(17-7-3-2-4-8-17)27-21-10-6-5-9-20(21)26-22(27)15-25-23(28)18-11-13-19(24)14-12-18/h2-14,16H,15H2,1H3,(H,25,28). The van der Waals surface area contributed by atoms with Crippen LogP contribution in [0, 0.1) is 0 Å². The normalized spacial score (nSPS) is 12.1. The van der Waals surface area contributed by atoms with E-state index in [2.05, 4.69) is 35.0 Å². The number of carbonyl (C=O) groups is 1. The molecule has 0 spiro atoms. The summed E-state index contributed by atoms with van der Waals surface area (Å²) in [6.45, 7) is 2.49. The molecule has 0 saturated heterocycles. The van der Waals surface area contributed by atoms with Crippen LogP contribution in [0.4, 0.5) is 0 Å². The fraction of sp³-hybridized carbons (Fsp3) is 0.130. The highest BCUT2D eigenvalue weighted by atomic mass is 35.5. The van der Waals surface area contributed by atoms with Gasteiger partial charge < -0.3 is 9.88 Å². The van der Waals surface area contributed by atoms with Crippen molar-refractivity contribution in [3.63, 3.8) is 0 Å². The topological polar surface area (TPSA) is 46.9 Å². The van der Waals surface area contributed by atoms with Gasteiger partial charge in [-0.05, 0) is 48.9 Å². The van der Waals surface area contributed by atoms with Gasteiger partial charge in [-0.25, -0.2) is 4.98 Å². The second-order valence-corrected chi connectivity index (χ2v) is 7.10. The van der Waals surface area contributed by atoms with Crippen LogP contribution >= 0.6 is 11.6 Å². The van der Waals surface area contributed by atoms with Gasteiger partial charge in [0, 0.05) is 10.6 Å². The lowest BCUT2D eigenvalue weighted by Gasteiger charge is -2.18. The van der Waals surface area contributed by atoms with E-state index in [9.17, 15) is 4.79 Å². The summed E-state index contributed by atoms with van der Waals surface area (Å²) in [6, 6.07) is 25.3. The van der Waals surface area contributed by atoms with E-state index < -0.39 is 0 Å². The smallest absolute Gasteiger partial charge is 0.251 e. The molecule has 0 radical (unpaired) electrons. The molecule has 1 N–H and O–H groups in total. The molecule has 0 saturated carbocycles. The van der Waals surface area contributed by atoms with Crippen molar-refractivity contribution >= 4 is 28.5 Å². The number of hydrogen-bond acceptors (Lipinski definition) is 2. The molecule has 0 aliphatic carbocycles. The van der Waals surface area contributed by atoms with Crippen molar-refractivity contribution in [2.24, 2.45) is 0 Å². The quantitative estimate of drug-likeness (QED) is 0.508. The summed E-state index contributed by atoms with van der Waals surface area (Å²) >= 11 is 5.90. The van der Waals surface area contributed by atoms with Crippen LogP contribution in [0.1, 0.15) is 34.7 Å². The largest absolute Gasteiger partial charge is 0.345 e. The molecule has 1 atom stereocenters. The zero-order valence-electron chi connectivity index (χ0n) is 15.5. The lowest BCUT2D eigenvalue weighted by molar-refractivity contribution is 0.0949. The highest BCUT2D eigenvalue weighted by Gasteiger charge is 2.17. The van der Waals surface area contributed by atoms with Gasteiger partial charge >= 0.3 is 0 Å². The van der Waals surface area contributed by atoms with Crippen molar-refractivity contribution in [3.05, 3.63) is 101 Å². The maximum Gasteiger partial charge on any atom is 0.251 e. The van der Waals surface area contributed by atoms with Gasteiger partial charge in [0.25, 0.3) is 5.91 Å². The lowest BCUT2D eigenvalue weighted by atomic mass is 10.1. The number of nitrogens with zero attached hydrogens (tertiary/aromatic N) is 2. The van der Waals surface area contributed by atoms with Crippen LogP contribution < -0.4 is 5.32 Å². The van der Waals surface area contributed by atoms with E-state index in [0.717, 1.165) is 16.9 Å². The molecule has 4 rings (SSSR count). The molecule has 5 heteroatoms. The van der Waals surface area contributed by atoms with Crippen LogP contribution in [-0.4, -0.2) is 15.5 Å². The molecule has 1 unspecified atom stereocenters. The average molecular weight is 390 g/mol. The van der Waals surface area contributed by atoms with Gasteiger partial charge in [-0.15, -0.1) is 0 Å². The molecule has 3 aromatic carbocycles. The van der Waals surface area contributed by atoms with Crippen LogP contribution in [0.5, 0.6) is 0 Å². The number of para-hydroxylation sites is 2. The number of imidazole rings is 1. The zero-order chi connectivity index (χ0) is 19.5. The Morgan fingerprint density at radius 2 is 1.68 bits per heavy atom. The molecule has 0 aliphatic heterocycles. The highest BCUT2D eigenvalue weighted by molar-refractivity contribution is 6.30. The first-order valence-corrected chi connectivity index (χ1v) is 9.56. The Kier molecular flexibility index (Phi) is 5.13. The fourth-order valence-electron chi connectivity index (χ4n) is 3.39. The van der Waals surface area contributed by atoms with E-state index in [1.807, 2.05) is 36.4 Å². The Morgan fingerprint density at radius 1 is 1.00 bits per heavy atom. The third-order valence-electron chi connectivity index (χ3n) is 4.85. The summed E-state index contributed by atoms with van der Waals surface area (Å²) in [6.07, 6.45) is 0. The first kappa shape index (κ1) is 18.3. The van der Waals surface area contributed by atoms with Crippen molar-refractivity contribution in [2.75, 3.05) is 0 Å². The minimum atomic E-state index is -0.150. The first-order valence-electron chi connectivity index (χ1n) is 9.18. The Morgan fingerprint density at radius 3 is 2.43 bits per heavy atom. The predicted molar refractivity (Wildman–Crippen MR) is 113 cm³/mol. The number of fused-ring (bicyclic) bond motifs is 1. The van der Waals surface area contributed by atoms with E-state index in [1.54, 1.807) is 24.3 Å². The molecule has 1 heterocycles. The summed E-state index contributed by atoms with van der Waals surface area (Å²) < 4.78 is 2.19. The summed E-state index contributed by atoms with van der Waals surface area (Å²) in [7, 11) is 0. The molecular formula is C23H20ClN3O. The number of amides is 1. The summed E-state index contributed by atoms with van der Waals surface area (Å²) in [5.41, 5.74) is 3.73. The van der Waals surface area contributed by atoms with Crippen molar-refractivity contribution in [1.29, 1.82) is 0 Å². The molecule has 28 heavy (non-hydrogen) atoms. The summed E-state index contributed by atoms with van der Waals surface area (Å²) in [5, 5.41) is 3.58. The van der Waals surface area contributed by atoms with Gasteiger partial charge in [0.15, 0.2) is 0 Å². The van der Waals surface area contributed by atoms with E-state index >= 15 is 0 Å². The third kappa shape index (κ3) is 3.64. The van der Waals surface area contributed by atoms with Gasteiger partial charge in [0.1, 0.15) is 5.82 Å². The molecular weight excluding hydrogens is 370 g/mol. The van der Waals surface area contributed by atoms with Crippen LogP contribution in [-0.2, 0) is 6.54 Å². The van der Waals surface area contributed by atoms with Crippen LogP contribution in [0.3, 0.4) is 0 Å². The maximum atomic E-state index is 12.5. The number of benzene rings is 3. The van der Waals surface area contributed by atoms with Crippen LogP contribution in [0.2, 0.25) is 5.02 Å². The summed E-state index contributed by atoms with van der Waals surface area (Å²) in [4.78, 5) is 17.3. The number of rotatable bonds is 5. The van der Waals surface area contributed by atoms with Gasteiger partial charge in [-0.2, -0.15) is 0 Å². The van der Waals surface area contributed by atoms with Crippen molar-refractivity contribution in [3.8, 4) is 0 Å². The van der Waals surface area contributed by atoms with E-state index in [0.29, 0.717) is 17.1 Å². The van der Waals surface area contributed by atoms with Crippen molar-refractivity contribution in [2.45, 2.75) is 19.5 Å². The average Bonchev–Trinajstić information content (AvgIpc) is 3.11. The molecule has 1 aromatic heterocycles. The predicted octanol–water partition coefficient (Wildman–Crippen LogP) is 5.23. The monoisotopic (exact) mass is 389 g/mol. The first-order chi connectivity index (χ1) is 13.6. The fourth-order valence-corrected chi connectivity index (χ4v) is 3.52. The van der Waals surface area contributed by atoms with Gasteiger partial charge in [-0.1, -0.05) is 54.1 Å². The van der Waals surface area contributed by atoms with Gasteiger partial charge in [0.05, 0.1) is 23.6 Å². The third-order valence-corrected chi connectivity index (χ3v) is 5.10. The number of nitrogens with one attached hydrogen (secondary N) is 1. The highest BCUT2D eigenvalue weighted by Crippen LogP contribution is 2.26. The Labute approximate surface area is 168 Å². The second-order valence-electron chi connectivity index (χ2n) is 6.66. The molecule has 4 aromatic rings. The second kappa shape index (κ2) is 7.87. The van der Waals surface area contributed by atoms with Crippen LogP contribution in [0.15, 0.2) is 78.9 Å². The number of carbonyl (C=O) groups excluding carboxylic acids is 1. The SMILES string of the molecule is CC(c1ccccc1)n1c(CNC(=O)c2ccc(Cl)cc2)nc2ccccc21. The molecule has 0 aliphatic rings. The van der Waals surface area contributed by atoms with Gasteiger partial charge in [-0.3, -0.25) is 4.79 Å². The van der Waals surface area contributed by atoms with E-state index in [1.165, 1.54) is 5.56 Å². The molecule has 140 valence electrons. The van der Waals surface area contributed by atoms with Crippen LogP contribution in [0.25, 0.3) is 11.0 Å². The van der Waals surface area contributed by atoms with E-state index in [-0.39, 0.29) is 11.9 Å². The molecule has 1 amide bonds. The Bertz CT molecular complexity index is 1100. The Balaban J connectivity index is 1.65. The maximum absolute atomic E-state index is 12.5. The molecule has 0 fully saturated rings. The van der Waals surface area contributed by atoms with E-state index in [4.69, 9.17) is 16.6 Å². The number of aromatic nitrogens is 2. The lowest BCUT2D eigenvalue weighted by Crippen LogP contribution is -2.25. The zero-order valence-corrected chi connectivity index (χ0v) is 16.2. The van der Waals surface area contributed by atoms with Crippen molar-refractivity contribution < 1.29 is 4.79 Å².